The molecule has 0 saturated carbocycles. The fraction of sp³-hybridized carbons (Fsp3) is 0.133. The minimum Gasteiger partial charge on any atom is -0.504 e. The van der Waals surface area contributed by atoms with Crippen LogP contribution in [0.2, 0.25) is 0 Å². The lowest BCUT2D eigenvalue weighted by Crippen LogP contribution is -2.28. The molecule has 0 fully saturated rings. The molecule has 0 spiro atoms. The van der Waals surface area contributed by atoms with Gasteiger partial charge < -0.3 is 15.3 Å². The number of nitrogens with one attached hydrogen (secondary N) is 1. The SMILES string of the molecule is O=C(Nc1ncccc1O)[C@H]1CC(c2ccccc2[N+](=O)[O-])=NO1. The highest BCUT2D eigenvalue weighted by Gasteiger charge is 2.32. The number of aromatic hydroxyl groups is 1. The number of oxime groups is 1. The minimum atomic E-state index is -0.957. The number of benzene rings is 1. The van der Waals surface area contributed by atoms with Crippen LogP contribution in [-0.4, -0.2) is 32.7 Å². The molecule has 0 aliphatic carbocycles. The summed E-state index contributed by atoms with van der Waals surface area (Å²) in [6.45, 7) is 0. The number of nitro groups is 1. The van der Waals surface area contributed by atoms with Crippen molar-refractivity contribution in [2.75, 3.05) is 5.32 Å². The van der Waals surface area contributed by atoms with Gasteiger partial charge in [-0.1, -0.05) is 17.3 Å². The largest absolute Gasteiger partial charge is 0.504 e. The Bertz CT molecular complexity index is 836. The Balaban J connectivity index is 1.72. The van der Waals surface area contributed by atoms with Crippen LogP contribution < -0.4 is 5.32 Å². The summed E-state index contributed by atoms with van der Waals surface area (Å²) < 4.78 is 0. The molecule has 1 aromatic heterocycles. The molecule has 2 N–H and O–H groups in total. The number of carbonyl (C=O) groups is 1. The van der Waals surface area contributed by atoms with Crippen molar-refractivity contribution in [1.29, 1.82) is 0 Å². The molecule has 0 bridgehead atoms. The number of rotatable bonds is 4. The predicted octanol–water partition coefficient (Wildman–Crippen LogP) is 1.83. The second kappa shape index (κ2) is 6.32. The number of para-hydroxylation sites is 1. The highest BCUT2D eigenvalue weighted by Crippen LogP contribution is 2.26. The number of hydrogen-bond acceptors (Lipinski definition) is 7. The fourth-order valence-corrected chi connectivity index (χ4v) is 2.24. The third-order valence-corrected chi connectivity index (χ3v) is 3.40. The van der Waals surface area contributed by atoms with E-state index in [1.165, 1.54) is 24.4 Å². The summed E-state index contributed by atoms with van der Waals surface area (Å²) in [5.74, 6) is -0.727. The zero-order chi connectivity index (χ0) is 17.1. The number of carbonyl (C=O) groups excluding carboxylic acids is 1. The van der Waals surface area contributed by atoms with Crippen LogP contribution in [0.4, 0.5) is 11.5 Å². The molecule has 0 unspecified atom stereocenters. The van der Waals surface area contributed by atoms with E-state index in [-0.39, 0.29) is 23.7 Å². The molecule has 24 heavy (non-hydrogen) atoms. The van der Waals surface area contributed by atoms with Crippen molar-refractivity contribution in [2.45, 2.75) is 12.5 Å². The van der Waals surface area contributed by atoms with E-state index in [9.17, 15) is 20.0 Å². The van der Waals surface area contributed by atoms with E-state index in [4.69, 9.17) is 4.84 Å². The zero-order valence-corrected chi connectivity index (χ0v) is 12.2. The van der Waals surface area contributed by atoms with Crippen molar-refractivity contribution in [1.82, 2.24) is 4.98 Å². The van der Waals surface area contributed by atoms with E-state index in [0.717, 1.165) is 0 Å². The monoisotopic (exact) mass is 328 g/mol. The normalized spacial score (nSPS) is 16.2. The van der Waals surface area contributed by atoms with E-state index in [1.54, 1.807) is 18.2 Å². The average molecular weight is 328 g/mol. The lowest BCUT2D eigenvalue weighted by molar-refractivity contribution is -0.385. The van der Waals surface area contributed by atoms with Gasteiger partial charge in [0.25, 0.3) is 11.6 Å². The third-order valence-electron chi connectivity index (χ3n) is 3.40. The number of nitro benzene ring substituents is 1. The van der Waals surface area contributed by atoms with Gasteiger partial charge in [-0.3, -0.25) is 14.9 Å². The second-order valence-corrected chi connectivity index (χ2v) is 4.97. The van der Waals surface area contributed by atoms with E-state index in [1.807, 2.05) is 0 Å². The molecule has 1 aliphatic rings. The van der Waals surface area contributed by atoms with Crippen LogP contribution in [0.15, 0.2) is 47.8 Å². The molecule has 0 radical (unpaired) electrons. The summed E-state index contributed by atoms with van der Waals surface area (Å²) >= 11 is 0. The van der Waals surface area contributed by atoms with Gasteiger partial charge in [0, 0.05) is 18.7 Å². The lowest BCUT2D eigenvalue weighted by atomic mass is 10.0. The van der Waals surface area contributed by atoms with Crippen molar-refractivity contribution in [3.63, 3.8) is 0 Å². The summed E-state index contributed by atoms with van der Waals surface area (Å²) in [5.41, 5.74) is 0.509. The molecule has 3 rings (SSSR count). The van der Waals surface area contributed by atoms with Gasteiger partial charge in [0.1, 0.15) is 0 Å². The molecule has 122 valence electrons. The van der Waals surface area contributed by atoms with E-state index < -0.39 is 16.9 Å². The third kappa shape index (κ3) is 3.00. The summed E-state index contributed by atoms with van der Waals surface area (Å²) in [6.07, 6.45) is 0.533. The standard InChI is InChI=1S/C15H12N4O5/c20-12-6-3-7-16-14(12)17-15(21)13-8-10(18-24-13)9-4-1-2-5-11(9)19(22)23/h1-7,13,20H,8H2,(H,16,17,21)/t13-/m1/s1. The van der Waals surface area contributed by atoms with Crippen LogP contribution >= 0.6 is 0 Å². The van der Waals surface area contributed by atoms with Crippen molar-refractivity contribution in [3.05, 3.63) is 58.3 Å². The summed E-state index contributed by atoms with van der Waals surface area (Å²) in [7, 11) is 0. The van der Waals surface area contributed by atoms with Gasteiger partial charge in [0.2, 0.25) is 6.10 Å². The van der Waals surface area contributed by atoms with Gasteiger partial charge in [-0.15, -0.1) is 0 Å². The maximum absolute atomic E-state index is 12.2. The molecule has 1 aliphatic heterocycles. The van der Waals surface area contributed by atoms with Gasteiger partial charge in [-0.25, -0.2) is 4.98 Å². The van der Waals surface area contributed by atoms with E-state index in [2.05, 4.69) is 15.5 Å². The summed E-state index contributed by atoms with van der Waals surface area (Å²) in [6, 6.07) is 9.00. The Kier molecular flexibility index (Phi) is 4.06. The van der Waals surface area contributed by atoms with Crippen LogP contribution in [0, 0.1) is 10.1 Å². The number of pyridine rings is 1. The number of hydrogen-bond donors (Lipinski definition) is 2. The highest BCUT2D eigenvalue weighted by atomic mass is 16.6. The Morgan fingerprint density at radius 1 is 1.33 bits per heavy atom. The Morgan fingerprint density at radius 3 is 2.88 bits per heavy atom. The average Bonchev–Trinajstić information content (AvgIpc) is 3.07. The molecule has 0 saturated heterocycles. The highest BCUT2D eigenvalue weighted by molar-refractivity contribution is 6.08. The Morgan fingerprint density at radius 2 is 2.12 bits per heavy atom. The van der Waals surface area contributed by atoms with Crippen molar-refractivity contribution in [2.24, 2.45) is 5.16 Å². The number of aromatic nitrogens is 1. The first-order valence-electron chi connectivity index (χ1n) is 6.97. The summed E-state index contributed by atoms with van der Waals surface area (Å²) in [5, 5.41) is 26.9. The van der Waals surface area contributed by atoms with Gasteiger partial charge >= 0.3 is 0 Å². The molecular formula is C15H12N4O5. The molecule has 9 nitrogen and oxygen atoms in total. The first kappa shape index (κ1) is 15.4. The quantitative estimate of drug-likeness (QED) is 0.651. The van der Waals surface area contributed by atoms with Crippen LogP contribution in [0.1, 0.15) is 12.0 Å². The first-order chi connectivity index (χ1) is 11.6. The fourth-order valence-electron chi connectivity index (χ4n) is 2.24. The first-order valence-corrected chi connectivity index (χ1v) is 6.97. The molecule has 1 aromatic carbocycles. The van der Waals surface area contributed by atoms with Crippen molar-refractivity contribution >= 4 is 23.1 Å². The Hall–Kier alpha value is -3.49. The lowest BCUT2D eigenvalue weighted by Gasteiger charge is -2.09. The molecule has 2 aromatic rings. The second-order valence-electron chi connectivity index (χ2n) is 4.97. The van der Waals surface area contributed by atoms with Gasteiger partial charge in [-0.2, -0.15) is 0 Å². The molecule has 1 amide bonds. The van der Waals surface area contributed by atoms with Crippen LogP contribution in [-0.2, 0) is 9.63 Å². The summed E-state index contributed by atoms with van der Waals surface area (Å²) in [4.78, 5) is 31.6. The van der Waals surface area contributed by atoms with Gasteiger partial charge in [0.05, 0.1) is 16.2 Å². The van der Waals surface area contributed by atoms with Gasteiger partial charge in [0.15, 0.2) is 11.6 Å². The number of amides is 1. The minimum absolute atomic E-state index is 0.00485. The van der Waals surface area contributed by atoms with Crippen LogP contribution in [0.5, 0.6) is 5.75 Å². The maximum Gasteiger partial charge on any atom is 0.278 e. The van der Waals surface area contributed by atoms with Crippen molar-refractivity contribution in [3.8, 4) is 5.75 Å². The van der Waals surface area contributed by atoms with Crippen LogP contribution in [0.3, 0.4) is 0 Å². The molecule has 2 heterocycles. The molecular weight excluding hydrogens is 316 g/mol. The Labute approximate surface area is 135 Å². The van der Waals surface area contributed by atoms with E-state index in [0.29, 0.717) is 11.3 Å². The number of anilines is 1. The van der Waals surface area contributed by atoms with Gasteiger partial charge in [-0.05, 0) is 18.2 Å². The number of nitrogens with zero attached hydrogens (tertiary/aromatic N) is 3. The predicted molar refractivity (Wildman–Crippen MR) is 83.7 cm³/mol. The zero-order valence-electron chi connectivity index (χ0n) is 12.2. The smallest absolute Gasteiger partial charge is 0.278 e. The molecule has 9 heteroatoms. The maximum atomic E-state index is 12.2. The van der Waals surface area contributed by atoms with Crippen LogP contribution in [0.25, 0.3) is 0 Å². The van der Waals surface area contributed by atoms with Crippen molar-refractivity contribution < 1.29 is 19.7 Å². The van der Waals surface area contributed by atoms with E-state index >= 15 is 0 Å². The molecule has 1 atom stereocenters. The topological polar surface area (TPSA) is 127 Å².